The molecule has 0 aliphatic carbocycles. The minimum atomic E-state index is -0.214. The average molecular weight is 375 g/mol. The van der Waals surface area contributed by atoms with Gasteiger partial charge in [0, 0.05) is 16.3 Å². The number of urea groups is 1. The van der Waals surface area contributed by atoms with Gasteiger partial charge in [0.25, 0.3) is 0 Å². The van der Waals surface area contributed by atoms with Gasteiger partial charge in [-0.25, -0.2) is 4.79 Å². The zero-order valence-electron chi connectivity index (χ0n) is 14.9. The summed E-state index contributed by atoms with van der Waals surface area (Å²) in [6.07, 6.45) is 0. The van der Waals surface area contributed by atoms with Crippen LogP contribution in [-0.2, 0) is 4.74 Å². The first-order valence-electron chi connectivity index (χ1n) is 8.94. The molecule has 1 heterocycles. The van der Waals surface area contributed by atoms with Crippen LogP contribution in [0.4, 0.5) is 10.5 Å². The predicted octanol–water partition coefficient (Wildman–Crippen LogP) is 2.51. The lowest BCUT2D eigenvalue weighted by Gasteiger charge is -2.35. The molecule has 1 fully saturated rings. The number of hydrogen-bond donors (Lipinski definition) is 3. The highest BCUT2D eigenvalue weighted by Gasteiger charge is 2.32. The minimum absolute atomic E-state index is 0.0298. The summed E-state index contributed by atoms with van der Waals surface area (Å²) < 4.78 is 5.50. The van der Waals surface area contributed by atoms with Gasteiger partial charge >= 0.3 is 6.03 Å². The molecule has 1 aliphatic heterocycles. The van der Waals surface area contributed by atoms with Crippen molar-refractivity contribution in [3.05, 3.63) is 65.2 Å². The Bertz CT molecular complexity index is 703. The van der Waals surface area contributed by atoms with E-state index in [-0.39, 0.29) is 18.1 Å². The van der Waals surface area contributed by atoms with Gasteiger partial charge in [0.1, 0.15) is 19.1 Å². The largest absolute Gasteiger partial charge is 0.370 e. The Kier molecular flexibility index (Phi) is 6.50. The number of carbonyl (C=O) groups is 1. The smallest absolute Gasteiger partial charge is 0.319 e. The van der Waals surface area contributed by atoms with Crippen LogP contribution in [0, 0.1) is 0 Å². The molecule has 2 aromatic rings. The van der Waals surface area contributed by atoms with Gasteiger partial charge in [-0.2, -0.15) is 0 Å². The van der Waals surface area contributed by atoms with Gasteiger partial charge in [0.05, 0.1) is 19.3 Å². The number of halogens is 1. The fraction of sp³-hybridized carbons (Fsp3) is 0.350. The van der Waals surface area contributed by atoms with E-state index in [2.05, 4.69) is 29.7 Å². The number of benzene rings is 2. The van der Waals surface area contributed by atoms with E-state index in [0.29, 0.717) is 10.7 Å². The topological polar surface area (TPSA) is 54.8 Å². The van der Waals surface area contributed by atoms with Crippen molar-refractivity contribution in [2.45, 2.75) is 19.0 Å². The van der Waals surface area contributed by atoms with Gasteiger partial charge in [-0.3, -0.25) is 0 Å². The van der Waals surface area contributed by atoms with Gasteiger partial charge in [0.2, 0.25) is 0 Å². The third-order valence-corrected chi connectivity index (χ3v) is 4.95. The van der Waals surface area contributed by atoms with E-state index < -0.39 is 0 Å². The van der Waals surface area contributed by atoms with Gasteiger partial charge in [0.15, 0.2) is 0 Å². The van der Waals surface area contributed by atoms with Crippen molar-refractivity contribution in [1.29, 1.82) is 0 Å². The van der Waals surface area contributed by atoms with E-state index in [4.69, 9.17) is 16.3 Å². The van der Waals surface area contributed by atoms with Crippen LogP contribution in [0.1, 0.15) is 18.5 Å². The number of nitrogens with one attached hydrogen (secondary N) is 3. The van der Waals surface area contributed by atoms with E-state index in [0.717, 1.165) is 26.3 Å². The van der Waals surface area contributed by atoms with E-state index in [1.807, 2.05) is 18.2 Å². The molecule has 3 rings (SSSR count). The van der Waals surface area contributed by atoms with E-state index in [9.17, 15) is 4.79 Å². The number of rotatable bonds is 5. The highest BCUT2D eigenvalue weighted by Crippen LogP contribution is 2.16. The van der Waals surface area contributed by atoms with Crippen molar-refractivity contribution in [2.24, 2.45) is 0 Å². The first-order chi connectivity index (χ1) is 12.6. The highest BCUT2D eigenvalue weighted by atomic mass is 35.5. The van der Waals surface area contributed by atoms with E-state index in [1.54, 1.807) is 24.3 Å². The highest BCUT2D eigenvalue weighted by molar-refractivity contribution is 6.30. The SMILES string of the molecule is C[C@@H](NC(=O)Nc1ccc(Cl)cc1)[C@@H](c1ccccc1)[NH+]1CCOCC1. The summed E-state index contributed by atoms with van der Waals surface area (Å²) in [6, 6.07) is 17.4. The second-order valence-corrected chi connectivity index (χ2v) is 6.99. The van der Waals surface area contributed by atoms with Crippen LogP contribution in [0.25, 0.3) is 0 Å². The molecule has 5 nitrogen and oxygen atoms in total. The zero-order valence-corrected chi connectivity index (χ0v) is 15.6. The lowest BCUT2D eigenvalue weighted by molar-refractivity contribution is -0.940. The Morgan fingerprint density at radius 2 is 1.73 bits per heavy atom. The van der Waals surface area contributed by atoms with Crippen molar-refractivity contribution in [3.63, 3.8) is 0 Å². The van der Waals surface area contributed by atoms with E-state index >= 15 is 0 Å². The fourth-order valence-corrected chi connectivity index (χ4v) is 3.60. The molecule has 2 amide bonds. The third-order valence-electron chi connectivity index (χ3n) is 4.69. The van der Waals surface area contributed by atoms with Gasteiger partial charge in [-0.05, 0) is 31.2 Å². The first-order valence-corrected chi connectivity index (χ1v) is 9.31. The molecule has 0 spiro atoms. The normalized spacial score (nSPS) is 17.3. The molecule has 3 N–H and O–H groups in total. The molecule has 0 unspecified atom stereocenters. The fourth-order valence-electron chi connectivity index (χ4n) is 3.47. The second-order valence-electron chi connectivity index (χ2n) is 6.55. The van der Waals surface area contributed by atoms with Gasteiger partial charge in [-0.15, -0.1) is 0 Å². The number of ether oxygens (including phenoxy) is 1. The summed E-state index contributed by atoms with van der Waals surface area (Å²) in [5.41, 5.74) is 1.94. The third kappa shape index (κ3) is 4.97. The molecule has 6 heteroatoms. The number of morpholine rings is 1. The molecule has 0 aromatic heterocycles. The number of quaternary nitrogens is 1. The van der Waals surface area contributed by atoms with Crippen LogP contribution < -0.4 is 15.5 Å². The molecular weight excluding hydrogens is 350 g/mol. The molecule has 2 aromatic carbocycles. The number of amides is 2. The number of carbonyl (C=O) groups excluding carboxylic acids is 1. The standard InChI is InChI=1S/C20H24ClN3O2/c1-15(22-20(25)23-18-9-7-17(21)8-10-18)19(16-5-3-2-4-6-16)24-11-13-26-14-12-24/h2-10,15,19H,11-14H2,1H3,(H2,22,23,25)/p+1/t15-,19+/m1/s1. The Morgan fingerprint density at radius 3 is 2.38 bits per heavy atom. The first kappa shape index (κ1) is 18.7. The van der Waals surface area contributed by atoms with Crippen LogP contribution in [0.5, 0.6) is 0 Å². The summed E-state index contributed by atoms with van der Waals surface area (Å²) >= 11 is 5.89. The van der Waals surface area contributed by atoms with Crippen molar-refractivity contribution in [1.82, 2.24) is 5.32 Å². The van der Waals surface area contributed by atoms with Gasteiger partial charge < -0.3 is 20.3 Å². The summed E-state index contributed by atoms with van der Waals surface area (Å²) in [6.45, 7) is 5.43. The number of anilines is 1. The molecule has 26 heavy (non-hydrogen) atoms. The molecule has 2 atom stereocenters. The van der Waals surface area contributed by atoms with E-state index in [1.165, 1.54) is 10.5 Å². The Labute approximate surface area is 159 Å². The zero-order chi connectivity index (χ0) is 18.4. The maximum atomic E-state index is 12.4. The quantitative estimate of drug-likeness (QED) is 0.753. The summed E-state index contributed by atoms with van der Waals surface area (Å²) in [7, 11) is 0. The molecule has 0 bridgehead atoms. The summed E-state index contributed by atoms with van der Waals surface area (Å²) in [5.74, 6) is 0. The summed E-state index contributed by atoms with van der Waals surface area (Å²) in [4.78, 5) is 13.9. The average Bonchev–Trinajstić information content (AvgIpc) is 2.65. The maximum absolute atomic E-state index is 12.4. The van der Waals surface area contributed by atoms with Crippen molar-refractivity contribution in [3.8, 4) is 0 Å². The maximum Gasteiger partial charge on any atom is 0.319 e. The molecule has 0 radical (unpaired) electrons. The second kappa shape index (κ2) is 9.03. The lowest BCUT2D eigenvalue weighted by Crippen LogP contribution is -3.15. The monoisotopic (exact) mass is 374 g/mol. The molecule has 1 aliphatic rings. The predicted molar refractivity (Wildman–Crippen MR) is 104 cm³/mol. The van der Waals surface area contributed by atoms with Crippen LogP contribution in [0.3, 0.4) is 0 Å². The Balaban J connectivity index is 1.69. The van der Waals surface area contributed by atoms with Crippen LogP contribution in [0.15, 0.2) is 54.6 Å². The lowest BCUT2D eigenvalue weighted by atomic mass is 9.98. The van der Waals surface area contributed by atoms with Crippen molar-refractivity contribution < 1.29 is 14.4 Å². The molecular formula is C20H25ClN3O2+. The minimum Gasteiger partial charge on any atom is -0.370 e. The Hall–Kier alpha value is -2.08. The van der Waals surface area contributed by atoms with Crippen LogP contribution in [-0.4, -0.2) is 38.4 Å². The Morgan fingerprint density at radius 1 is 1.08 bits per heavy atom. The van der Waals surface area contributed by atoms with Crippen molar-refractivity contribution >= 4 is 23.3 Å². The summed E-state index contributed by atoms with van der Waals surface area (Å²) in [5, 5.41) is 6.60. The molecule has 138 valence electrons. The molecule has 1 saturated heterocycles. The molecule has 0 saturated carbocycles. The van der Waals surface area contributed by atoms with Crippen LogP contribution >= 0.6 is 11.6 Å². The van der Waals surface area contributed by atoms with Crippen molar-refractivity contribution in [2.75, 3.05) is 31.6 Å². The van der Waals surface area contributed by atoms with Gasteiger partial charge in [-0.1, -0.05) is 41.9 Å². The number of hydrogen-bond acceptors (Lipinski definition) is 2. The van der Waals surface area contributed by atoms with Crippen LogP contribution in [0.2, 0.25) is 5.02 Å².